The summed E-state index contributed by atoms with van der Waals surface area (Å²) in [4.78, 5) is 28.3. The lowest BCUT2D eigenvalue weighted by molar-refractivity contribution is -0.384. The Labute approximate surface area is 160 Å². The summed E-state index contributed by atoms with van der Waals surface area (Å²) in [6.07, 6.45) is 3.75. The van der Waals surface area contributed by atoms with Crippen LogP contribution in [0.15, 0.2) is 48.7 Å². The third-order valence-electron chi connectivity index (χ3n) is 5.23. The number of hydrogen-bond acceptors (Lipinski definition) is 3. The number of H-pyrrole nitrogens is 1. The number of likely N-dealkylation sites (tertiary alicyclic amines) is 1. The van der Waals surface area contributed by atoms with Crippen molar-refractivity contribution in [2.24, 2.45) is 0 Å². The summed E-state index contributed by atoms with van der Waals surface area (Å²) in [5, 5.41) is 12.4. The number of benzene rings is 2. The fourth-order valence-electron chi connectivity index (χ4n) is 3.79. The highest BCUT2D eigenvalue weighted by Crippen LogP contribution is 2.34. The van der Waals surface area contributed by atoms with Crippen LogP contribution in [0.2, 0.25) is 5.02 Å². The van der Waals surface area contributed by atoms with Crippen molar-refractivity contribution in [3.05, 3.63) is 74.9 Å². The summed E-state index contributed by atoms with van der Waals surface area (Å²) in [5.74, 6) is 0.131. The van der Waals surface area contributed by atoms with Crippen LogP contribution in [0, 0.1) is 10.1 Å². The molecule has 0 unspecified atom stereocenters. The zero-order valence-corrected chi connectivity index (χ0v) is 15.3. The van der Waals surface area contributed by atoms with Crippen molar-refractivity contribution in [3.8, 4) is 0 Å². The molecule has 0 aliphatic carbocycles. The molecule has 1 aromatic heterocycles. The van der Waals surface area contributed by atoms with Crippen molar-refractivity contribution in [3.63, 3.8) is 0 Å². The van der Waals surface area contributed by atoms with Crippen molar-refractivity contribution >= 4 is 34.1 Å². The van der Waals surface area contributed by atoms with E-state index in [1.54, 1.807) is 4.90 Å². The molecule has 3 aromatic rings. The van der Waals surface area contributed by atoms with Gasteiger partial charge in [-0.2, -0.15) is 0 Å². The number of carbonyl (C=O) groups excluding carboxylic acids is 1. The van der Waals surface area contributed by atoms with E-state index in [-0.39, 0.29) is 22.2 Å². The summed E-state index contributed by atoms with van der Waals surface area (Å²) in [6.45, 7) is 1.20. The fourth-order valence-corrected chi connectivity index (χ4v) is 3.98. The van der Waals surface area contributed by atoms with E-state index in [2.05, 4.69) is 23.3 Å². The van der Waals surface area contributed by atoms with Gasteiger partial charge >= 0.3 is 0 Å². The Bertz CT molecular complexity index is 1020. The number of nitrogens with zero attached hydrogens (tertiary/aromatic N) is 2. The summed E-state index contributed by atoms with van der Waals surface area (Å²) in [6, 6.07) is 12.2. The number of nitrogens with one attached hydrogen (secondary N) is 1. The van der Waals surface area contributed by atoms with Crippen LogP contribution < -0.4 is 0 Å². The number of non-ortho nitro benzene ring substituents is 1. The van der Waals surface area contributed by atoms with Crippen LogP contribution in [0.5, 0.6) is 0 Å². The summed E-state index contributed by atoms with van der Waals surface area (Å²) < 4.78 is 0. The molecule has 7 heteroatoms. The summed E-state index contributed by atoms with van der Waals surface area (Å²) >= 11 is 6.12. The molecular formula is C20H18ClN3O3. The number of piperidine rings is 1. The number of halogens is 1. The molecule has 0 radical (unpaired) electrons. The van der Waals surface area contributed by atoms with Gasteiger partial charge in [0.2, 0.25) is 0 Å². The number of aromatic amines is 1. The van der Waals surface area contributed by atoms with Crippen LogP contribution >= 0.6 is 11.6 Å². The van der Waals surface area contributed by atoms with Crippen molar-refractivity contribution in [1.82, 2.24) is 9.88 Å². The molecule has 1 saturated heterocycles. The molecule has 0 spiro atoms. The van der Waals surface area contributed by atoms with Crippen LogP contribution in [0.3, 0.4) is 0 Å². The normalized spacial score (nSPS) is 15.2. The standard InChI is InChI=1S/C20H18ClN3O3/c21-18-6-5-14(24(26)27)11-16(18)20(25)23-9-7-13(8-10-23)17-12-22-19-4-2-1-3-15(17)19/h1-6,11-13,22H,7-10H2. The Hall–Kier alpha value is -2.86. The number of fused-ring (bicyclic) bond motifs is 1. The van der Waals surface area contributed by atoms with E-state index in [4.69, 9.17) is 11.6 Å². The van der Waals surface area contributed by atoms with Crippen LogP contribution in [-0.2, 0) is 0 Å². The van der Waals surface area contributed by atoms with Crippen molar-refractivity contribution in [1.29, 1.82) is 0 Å². The Morgan fingerprint density at radius 3 is 2.67 bits per heavy atom. The SMILES string of the molecule is O=C(c1cc([N+](=O)[O-])ccc1Cl)N1CCC(c2c[nH]c3ccccc23)CC1. The Balaban J connectivity index is 1.50. The Kier molecular flexibility index (Phi) is 4.58. The molecule has 27 heavy (non-hydrogen) atoms. The first-order valence-corrected chi connectivity index (χ1v) is 9.21. The zero-order chi connectivity index (χ0) is 19.0. The molecule has 0 atom stereocenters. The van der Waals surface area contributed by atoms with E-state index in [0.717, 1.165) is 18.4 Å². The molecule has 1 amide bonds. The van der Waals surface area contributed by atoms with Gasteiger partial charge in [-0.05, 0) is 36.5 Å². The number of amides is 1. The maximum Gasteiger partial charge on any atom is 0.270 e. The van der Waals surface area contributed by atoms with E-state index >= 15 is 0 Å². The van der Waals surface area contributed by atoms with E-state index in [1.807, 2.05) is 12.1 Å². The zero-order valence-electron chi connectivity index (χ0n) is 14.5. The molecule has 2 heterocycles. The average Bonchev–Trinajstić information content (AvgIpc) is 3.12. The molecule has 4 rings (SSSR count). The van der Waals surface area contributed by atoms with Gasteiger partial charge in [-0.3, -0.25) is 14.9 Å². The number of rotatable bonds is 3. The van der Waals surface area contributed by atoms with Crippen LogP contribution in [0.25, 0.3) is 10.9 Å². The Morgan fingerprint density at radius 1 is 1.19 bits per heavy atom. The molecule has 1 aliphatic heterocycles. The second-order valence-electron chi connectivity index (χ2n) is 6.78. The lowest BCUT2D eigenvalue weighted by Crippen LogP contribution is -2.38. The van der Waals surface area contributed by atoms with Gasteiger partial charge in [-0.1, -0.05) is 29.8 Å². The second kappa shape index (κ2) is 7.04. The minimum Gasteiger partial charge on any atom is -0.361 e. The van der Waals surface area contributed by atoms with Crippen molar-refractivity contribution in [2.45, 2.75) is 18.8 Å². The first kappa shape index (κ1) is 17.5. The van der Waals surface area contributed by atoms with Crippen molar-refractivity contribution in [2.75, 3.05) is 13.1 Å². The van der Waals surface area contributed by atoms with Gasteiger partial charge in [0.15, 0.2) is 0 Å². The number of hydrogen-bond donors (Lipinski definition) is 1. The third kappa shape index (κ3) is 3.28. The van der Waals surface area contributed by atoms with Gasteiger partial charge in [0.1, 0.15) is 0 Å². The summed E-state index contributed by atoms with van der Waals surface area (Å²) in [5.41, 5.74) is 2.47. The maximum atomic E-state index is 12.8. The maximum absolute atomic E-state index is 12.8. The number of nitro benzene ring substituents is 1. The highest BCUT2D eigenvalue weighted by molar-refractivity contribution is 6.33. The van der Waals surface area contributed by atoms with Gasteiger partial charge in [0.25, 0.3) is 11.6 Å². The highest BCUT2D eigenvalue weighted by Gasteiger charge is 2.27. The van der Waals surface area contributed by atoms with Gasteiger partial charge in [0, 0.05) is 42.3 Å². The average molecular weight is 384 g/mol. The quantitative estimate of drug-likeness (QED) is 0.523. The fraction of sp³-hybridized carbons (Fsp3) is 0.250. The second-order valence-corrected chi connectivity index (χ2v) is 7.18. The van der Waals surface area contributed by atoms with E-state index in [1.165, 1.54) is 29.1 Å². The van der Waals surface area contributed by atoms with Gasteiger partial charge < -0.3 is 9.88 Å². The number of para-hydroxylation sites is 1. The molecule has 1 N–H and O–H groups in total. The lowest BCUT2D eigenvalue weighted by atomic mass is 9.89. The molecule has 0 saturated carbocycles. The largest absolute Gasteiger partial charge is 0.361 e. The molecule has 0 bridgehead atoms. The predicted octanol–water partition coefficient (Wildman–Crippen LogP) is 4.75. The topological polar surface area (TPSA) is 79.2 Å². The minimum absolute atomic E-state index is 0.128. The first-order chi connectivity index (χ1) is 13.0. The summed E-state index contributed by atoms with van der Waals surface area (Å²) in [7, 11) is 0. The molecule has 1 fully saturated rings. The molecule has 138 valence electrons. The monoisotopic (exact) mass is 383 g/mol. The van der Waals surface area contributed by atoms with E-state index < -0.39 is 4.92 Å². The van der Waals surface area contributed by atoms with Crippen molar-refractivity contribution < 1.29 is 9.72 Å². The minimum atomic E-state index is -0.518. The number of nitro groups is 1. The highest BCUT2D eigenvalue weighted by atomic mass is 35.5. The molecule has 1 aliphatic rings. The molecule has 2 aromatic carbocycles. The molecule has 6 nitrogen and oxygen atoms in total. The smallest absolute Gasteiger partial charge is 0.270 e. The third-order valence-corrected chi connectivity index (χ3v) is 5.56. The lowest BCUT2D eigenvalue weighted by Gasteiger charge is -2.32. The Morgan fingerprint density at radius 2 is 1.93 bits per heavy atom. The van der Waals surface area contributed by atoms with Gasteiger partial charge in [0.05, 0.1) is 15.5 Å². The van der Waals surface area contributed by atoms with Crippen LogP contribution in [-0.4, -0.2) is 33.8 Å². The number of carbonyl (C=O) groups is 1. The van der Waals surface area contributed by atoms with E-state index in [9.17, 15) is 14.9 Å². The first-order valence-electron chi connectivity index (χ1n) is 8.84. The molecular weight excluding hydrogens is 366 g/mol. The van der Waals surface area contributed by atoms with Gasteiger partial charge in [-0.15, -0.1) is 0 Å². The van der Waals surface area contributed by atoms with E-state index in [0.29, 0.717) is 19.0 Å². The van der Waals surface area contributed by atoms with Crippen LogP contribution in [0.1, 0.15) is 34.7 Å². The number of aromatic nitrogens is 1. The van der Waals surface area contributed by atoms with Gasteiger partial charge in [-0.25, -0.2) is 0 Å². The predicted molar refractivity (Wildman–Crippen MR) is 104 cm³/mol. The van der Waals surface area contributed by atoms with Crippen LogP contribution in [0.4, 0.5) is 5.69 Å².